The second kappa shape index (κ2) is 5.99. The van der Waals surface area contributed by atoms with E-state index in [1.165, 1.54) is 0 Å². The van der Waals surface area contributed by atoms with Crippen LogP contribution in [0, 0.1) is 0 Å². The van der Waals surface area contributed by atoms with E-state index in [1.807, 2.05) is 0 Å². The molecule has 6 nitrogen and oxygen atoms in total. The minimum atomic E-state index is -2.90. The summed E-state index contributed by atoms with van der Waals surface area (Å²) >= 11 is 0. The first kappa shape index (κ1) is 15.7. The third-order valence-electron chi connectivity index (χ3n) is 4.15. The van der Waals surface area contributed by atoms with Crippen molar-refractivity contribution < 1.29 is 18.3 Å². The van der Waals surface area contributed by atoms with Gasteiger partial charge >= 0.3 is 5.97 Å². The van der Waals surface area contributed by atoms with E-state index in [0.29, 0.717) is 32.0 Å². The fourth-order valence-corrected chi connectivity index (χ4v) is 3.82. The average Bonchev–Trinajstić information content (AvgIpc) is 3.15. The number of hydrogen-bond acceptors (Lipinski definition) is 5. The van der Waals surface area contributed by atoms with E-state index in [4.69, 9.17) is 0 Å². The minimum absolute atomic E-state index is 0.187. The van der Waals surface area contributed by atoms with Gasteiger partial charge in [-0.15, -0.1) is 0 Å². The molecule has 1 atom stereocenters. The molecule has 0 aromatic carbocycles. The van der Waals surface area contributed by atoms with Gasteiger partial charge in [-0.1, -0.05) is 0 Å². The number of carbonyl (C=O) groups is 1. The van der Waals surface area contributed by atoms with Gasteiger partial charge in [0.25, 0.3) is 0 Å². The molecule has 0 aromatic rings. The van der Waals surface area contributed by atoms with Crippen molar-refractivity contribution in [3.05, 3.63) is 0 Å². The Balaban J connectivity index is 1.87. The van der Waals surface area contributed by atoms with Gasteiger partial charge in [0.1, 0.15) is 5.54 Å². The van der Waals surface area contributed by atoms with Crippen LogP contribution in [0.2, 0.25) is 0 Å². The summed E-state index contributed by atoms with van der Waals surface area (Å²) in [5.41, 5.74) is -0.910. The predicted molar refractivity (Wildman–Crippen MR) is 76.5 cm³/mol. The third-order valence-corrected chi connectivity index (χ3v) is 5.86. The van der Waals surface area contributed by atoms with Gasteiger partial charge in [-0.2, -0.15) is 0 Å². The second-order valence-electron chi connectivity index (χ2n) is 6.15. The van der Waals surface area contributed by atoms with Crippen molar-refractivity contribution in [2.75, 3.05) is 31.1 Å². The number of carboxylic acid groups (broad SMARTS) is 1. The van der Waals surface area contributed by atoms with Crippen molar-refractivity contribution in [1.29, 1.82) is 0 Å². The predicted octanol–water partition coefficient (Wildman–Crippen LogP) is 0.0923. The Bertz CT molecular complexity index is 461. The maximum atomic E-state index is 11.5. The average molecular weight is 304 g/mol. The number of hydrogen-bond donors (Lipinski definition) is 2. The lowest BCUT2D eigenvalue weighted by atomic mass is 9.97. The molecule has 0 spiro atoms. The molecule has 1 aliphatic heterocycles. The molecule has 2 rings (SSSR count). The number of sulfone groups is 1. The standard InChI is InChI=1S/C13H24N2O4S/c1-13(12(16)17,14-11-3-4-11)5-7-15-6-2-9-20(18,19)10-8-15/h11,14H,2-10H2,1H3,(H,16,17). The molecule has 1 saturated carbocycles. The molecule has 2 fully saturated rings. The summed E-state index contributed by atoms with van der Waals surface area (Å²) in [6.45, 7) is 3.60. The SMILES string of the molecule is CC(CCN1CCCS(=O)(=O)CC1)(NC1CC1)C(=O)O. The van der Waals surface area contributed by atoms with Gasteiger partial charge in [0, 0.05) is 19.1 Å². The van der Waals surface area contributed by atoms with Gasteiger partial charge in [0.05, 0.1) is 11.5 Å². The van der Waals surface area contributed by atoms with Crippen molar-refractivity contribution in [3.63, 3.8) is 0 Å². The molecule has 2 aliphatic rings. The van der Waals surface area contributed by atoms with E-state index in [2.05, 4.69) is 10.2 Å². The lowest BCUT2D eigenvalue weighted by molar-refractivity contribution is -0.144. The van der Waals surface area contributed by atoms with Crippen LogP contribution < -0.4 is 5.32 Å². The molecule has 0 aromatic heterocycles. The van der Waals surface area contributed by atoms with Gasteiger partial charge in [-0.3, -0.25) is 10.1 Å². The molecular formula is C13H24N2O4S. The summed E-state index contributed by atoms with van der Waals surface area (Å²) in [6, 6.07) is 0.334. The Kier molecular flexibility index (Phi) is 4.71. The maximum absolute atomic E-state index is 11.5. The summed E-state index contributed by atoms with van der Waals surface area (Å²) in [4.78, 5) is 13.5. The van der Waals surface area contributed by atoms with Gasteiger partial charge in [0.2, 0.25) is 0 Å². The minimum Gasteiger partial charge on any atom is -0.480 e. The molecule has 7 heteroatoms. The lowest BCUT2D eigenvalue weighted by Crippen LogP contribution is -2.52. The largest absolute Gasteiger partial charge is 0.480 e. The highest BCUT2D eigenvalue weighted by atomic mass is 32.2. The zero-order chi connectivity index (χ0) is 14.8. The molecule has 0 bridgehead atoms. The van der Waals surface area contributed by atoms with Crippen LogP contribution in [0.5, 0.6) is 0 Å². The van der Waals surface area contributed by atoms with Crippen molar-refractivity contribution in [3.8, 4) is 0 Å². The van der Waals surface area contributed by atoms with E-state index in [1.54, 1.807) is 6.92 Å². The number of rotatable bonds is 6. The molecule has 0 amide bonds. The Hall–Kier alpha value is -0.660. The Morgan fingerprint density at radius 3 is 2.65 bits per heavy atom. The maximum Gasteiger partial charge on any atom is 0.323 e. The normalized spacial score (nSPS) is 26.6. The molecule has 1 saturated heterocycles. The van der Waals surface area contributed by atoms with E-state index < -0.39 is 21.3 Å². The summed E-state index contributed by atoms with van der Waals surface area (Å²) in [6.07, 6.45) is 3.23. The molecule has 20 heavy (non-hydrogen) atoms. The van der Waals surface area contributed by atoms with Crippen LogP contribution in [0.3, 0.4) is 0 Å². The smallest absolute Gasteiger partial charge is 0.323 e. The number of nitrogens with zero attached hydrogens (tertiary/aromatic N) is 1. The van der Waals surface area contributed by atoms with E-state index >= 15 is 0 Å². The van der Waals surface area contributed by atoms with Gasteiger partial charge in [0.15, 0.2) is 9.84 Å². The highest BCUT2D eigenvalue weighted by Crippen LogP contribution is 2.24. The van der Waals surface area contributed by atoms with Crippen LogP contribution in [0.25, 0.3) is 0 Å². The van der Waals surface area contributed by atoms with Crippen molar-refractivity contribution in [1.82, 2.24) is 10.2 Å². The number of nitrogens with one attached hydrogen (secondary N) is 1. The van der Waals surface area contributed by atoms with Crippen LogP contribution in [0.4, 0.5) is 0 Å². The Morgan fingerprint density at radius 1 is 1.35 bits per heavy atom. The lowest BCUT2D eigenvalue weighted by Gasteiger charge is -2.29. The monoisotopic (exact) mass is 304 g/mol. The Morgan fingerprint density at radius 2 is 2.05 bits per heavy atom. The summed E-state index contributed by atoms with van der Waals surface area (Å²) < 4.78 is 23.1. The first-order chi connectivity index (χ1) is 9.31. The fraction of sp³-hybridized carbons (Fsp3) is 0.923. The van der Waals surface area contributed by atoms with Gasteiger partial charge < -0.3 is 10.0 Å². The first-order valence-electron chi connectivity index (χ1n) is 7.25. The molecule has 0 radical (unpaired) electrons. The zero-order valence-corrected chi connectivity index (χ0v) is 12.8. The summed E-state index contributed by atoms with van der Waals surface area (Å²) in [5.74, 6) is -0.390. The Labute approximate surface area is 120 Å². The molecule has 1 heterocycles. The van der Waals surface area contributed by atoms with Crippen LogP contribution >= 0.6 is 0 Å². The number of carboxylic acids is 1. The molecular weight excluding hydrogens is 280 g/mol. The van der Waals surface area contributed by atoms with Crippen molar-refractivity contribution in [2.45, 2.75) is 44.2 Å². The topological polar surface area (TPSA) is 86.7 Å². The van der Waals surface area contributed by atoms with E-state index in [0.717, 1.165) is 19.4 Å². The molecule has 1 unspecified atom stereocenters. The zero-order valence-electron chi connectivity index (χ0n) is 12.0. The summed E-state index contributed by atoms with van der Waals surface area (Å²) in [5, 5.41) is 12.6. The highest BCUT2D eigenvalue weighted by Gasteiger charge is 2.38. The van der Waals surface area contributed by atoms with E-state index in [9.17, 15) is 18.3 Å². The number of aliphatic carboxylic acids is 1. The van der Waals surface area contributed by atoms with Crippen LogP contribution in [0.1, 0.15) is 32.6 Å². The molecule has 2 N–H and O–H groups in total. The fourth-order valence-electron chi connectivity index (χ4n) is 2.51. The highest BCUT2D eigenvalue weighted by molar-refractivity contribution is 7.91. The molecule has 1 aliphatic carbocycles. The second-order valence-corrected chi connectivity index (χ2v) is 8.46. The van der Waals surface area contributed by atoms with Gasteiger partial charge in [-0.05, 0) is 39.2 Å². The van der Waals surface area contributed by atoms with Crippen LogP contribution in [-0.4, -0.2) is 67.1 Å². The van der Waals surface area contributed by atoms with Crippen molar-refractivity contribution in [2.24, 2.45) is 0 Å². The molecule has 116 valence electrons. The quantitative estimate of drug-likeness (QED) is 0.723. The first-order valence-corrected chi connectivity index (χ1v) is 9.07. The van der Waals surface area contributed by atoms with Gasteiger partial charge in [-0.25, -0.2) is 8.42 Å². The summed E-state index contributed by atoms with van der Waals surface area (Å²) in [7, 11) is -2.90. The van der Waals surface area contributed by atoms with E-state index in [-0.39, 0.29) is 11.5 Å². The third kappa shape index (κ3) is 4.43. The van der Waals surface area contributed by atoms with Crippen LogP contribution in [0.15, 0.2) is 0 Å². The van der Waals surface area contributed by atoms with Crippen LogP contribution in [-0.2, 0) is 14.6 Å². The van der Waals surface area contributed by atoms with Crippen molar-refractivity contribution >= 4 is 15.8 Å².